The van der Waals surface area contributed by atoms with Crippen molar-refractivity contribution in [3.8, 4) is 0 Å². The average Bonchev–Trinajstić information content (AvgIpc) is 2.71. The Labute approximate surface area is 182 Å². The molecule has 29 heavy (non-hydrogen) atoms. The summed E-state index contributed by atoms with van der Waals surface area (Å²) in [6.45, 7) is 0.646. The zero-order valence-electron chi connectivity index (χ0n) is 16.0. The van der Waals surface area contributed by atoms with Gasteiger partial charge in [-0.05, 0) is 49.4 Å². The fourth-order valence-electron chi connectivity index (χ4n) is 3.47. The lowest BCUT2D eigenvalue weighted by Gasteiger charge is -2.31. The number of carbonyl (C=O) groups is 1. The van der Waals surface area contributed by atoms with Gasteiger partial charge in [-0.25, -0.2) is 12.7 Å². The number of nitrogens with one attached hydrogen (secondary N) is 1. The summed E-state index contributed by atoms with van der Waals surface area (Å²) in [7, 11) is -3.40. The summed E-state index contributed by atoms with van der Waals surface area (Å²) in [5, 5.41) is 3.64. The van der Waals surface area contributed by atoms with Gasteiger partial charge in [-0.15, -0.1) is 0 Å². The molecule has 0 aromatic heterocycles. The van der Waals surface area contributed by atoms with E-state index in [1.54, 1.807) is 18.2 Å². The summed E-state index contributed by atoms with van der Waals surface area (Å²) in [5.74, 6) is -0.572. The predicted octanol–water partition coefficient (Wildman–Crippen LogP) is 4.61. The highest BCUT2D eigenvalue weighted by Gasteiger charge is 2.32. The highest BCUT2D eigenvalue weighted by Crippen LogP contribution is 2.27. The second kappa shape index (κ2) is 9.94. The first-order valence-electron chi connectivity index (χ1n) is 9.63. The van der Waals surface area contributed by atoms with Crippen molar-refractivity contribution in [1.82, 2.24) is 4.31 Å². The molecular weight excluding hydrogens is 431 g/mol. The van der Waals surface area contributed by atoms with E-state index in [1.165, 1.54) is 4.31 Å². The molecule has 0 unspecified atom stereocenters. The third-order valence-corrected chi connectivity index (χ3v) is 7.53. The van der Waals surface area contributed by atoms with Crippen LogP contribution in [0.3, 0.4) is 0 Å². The van der Waals surface area contributed by atoms with Crippen molar-refractivity contribution in [2.75, 3.05) is 24.2 Å². The number of anilines is 1. The molecule has 3 rings (SSSR count). The lowest BCUT2D eigenvalue weighted by molar-refractivity contribution is -0.120. The molecule has 0 bridgehead atoms. The molecular formula is C21H24Cl2N2O3S. The minimum atomic E-state index is -3.40. The Hall–Kier alpha value is -1.60. The van der Waals surface area contributed by atoms with E-state index in [-0.39, 0.29) is 18.2 Å². The van der Waals surface area contributed by atoms with E-state index in [0.29, 0.717) is 48.0 Å². The largest absolute Gasteiger partial charge is 0.324 e. The number of hydrogen-bond acceptors (Lipinski definition) is 3. The van der Waals surface area contributed by atoms with Crippen molar-refractivity contribution in [2.24, 2.45) is 5.92 Å². The molecule has 2 aromatic carbocycles. The third kappa shape index (κ3) is 6.19. The molecule has 1 aliphatic heterocycles. The van der Waals surface area contributed by atoms with Crippen molar-refractivity contribution < 1.29 is 13.2 Å². The van der Waals surface area contributed by atoms with Crippen molar-refractivity contribution in [3.63, 3.8) is 0 Å². The van der Waals surface area contributed by atoms with Crippen LogP contribution in [0.5, 0.6) is 0 Å². The normalized spacial score (nSPS) is 17.8. The molecule has 1 N–H and O–H groups in total. The fraction of sp³-hybridized carbons (Fsp3) is 0.381. The van der Waals surface area contributed by atoms with Gasteiger partial charge in [-0.3, -0.25) is 4.79 Å². The second-order valence-electron chi connectivity index (χ2n) is 7.22. The fourth-order valence-corrected chi connectivity index (χ4v) is 5.39. The SMILES string of the molecule is O=C(Nc1cc(Cl)ccc1Cl)[C@@H]1CCCN(S(=O)(=O)CCCc2ccccc2)C1. The molecule has 1 amide bonds. The standard InChI is InChI=1S/C21H24Cl2N2O3S/c22-18-10-11-19(23)20(14-18)24-21(26)17-9-4-12-25(15-17)29(27,28)13-5-8-16-6-2-1-3-7-16/h1-3,6-7,10-11,14,17H,4-5,8-9,12-13,15H2,(H,24,26)/t17-/m1/s1. The van der Waals surface area contributed by atoms with Gasteiger partial charge in [0.15, 0.2) is 0 Å². The lowest BCUT2D eigenvalue weighted by Crippen LogP contribution is -2.44. The number of halogens is 2. The number of carbonyl (C=O) groups excluding carboxylic acids is 1. The molecule has 1 saturated heterocycles. The van der Waals surface area contributed by atoms with E-state index in [2.05, 4.69) is 5.32 Å². The Morgan fingerprint density at radius 1 is 1.14 bits per heavy atom. The minimum Gasteiger partial charge on any atom is -0.324 e. The molecule has 0 spiro atoms. The number of hydrogen-bond donors (Lipinski definition) is 1. The molecule has 0 aliphatic carbocycles. The van der Waals surface area contributed by atoms with Crippen LogP contribution in [0.15, 0.2) is 48.5 Å². The summed E-state index contributed by atoms with van der Waals surface area (Å²) in [5.41, 5.74) is 1.56. The first-order chi connectivity index (χ1) is 13.8. The number of aryl methyl sites for hydroxylation is 1. The maximum absolute atomic E-state index is 12.8. The molecule has 5 nitrogen and oxygen atoms in total. The molecule has 8 heteroatoms. The quantitative estimate of drug-likeness (QED) is 0.663. The van der Waals surface area contributed by atoms with Crippen LogP contribution in [0.2, 0.25) is 10.0 Å². The predicted molar refractivity (Wildman–Crippen MR) is 118 cm³/mol. The van der Waals surface area contributed by atoms with Gasteiger partial charge in [-0.1, -0.05) is 53.5 Å². The summed E-state index contributed by atoms with van der Waals surface area (Å²) >= 11 is 12.1. The van der Waals surface area contributed by atoms with E-state index >= 15 is 0 Å². The zero-order chi connectivity index (χ0) is 20.9. The van der Waals surface area contributed by atoms with Crippen LogP contribution in [0, 0.1) is 5.92 Å². The smallest absolute Gasteiger partial charge is 0.228 e. The van der Waals surface area contributed by atoms with E-state index in [0.717, 1.165) is 5.56 Å². The summed E-state index contributed by atoms with van der Waals surface area (Å²) in [6, 6.07) is 14.7. The number of rotatable bonds is 7. The molecule has 1 fully saturated rings. The van der Waals surface area contributed by atoms with Crippen molar-refractivity contribution in [3.05, 3.63) is 64.1 Å². The van der Waals surface area contributed by atoms with E-state index in [9.17, 15) is 13.2 Å². The van der Waals surface area contributed by atoms with Crippen molar-refractivity contribution in [1.29, 1.82) is 0 Å². The van der Waals surface area contributed by atoms with Crippen molar-refractivity contribution in [2.45, 2.75) is 25.7 Å². The average molecular weight is 455 g/mol. The minimum absolute atomic E-state index is 0.0797. The van der Waals surface area contributed by atoms with Crippen LogP contribution in [0.4, 0.5) is 5.69 Å². The van der Waals surface area contributed by atoms with Gasteiger partial charge < -0.3 is 5.32 Å². The van der Waals surface area contributed by atoms with Crippen LogP contribution >= 0.6 is 23.2 Å². The van der Waals surface area contributed by atoms with Crippen LogP contribution in [-0.4, -0.2) is 37.5 Å². The molecule has 1 atom stereocenters. The van der Waals surface area contributed by atoms with Gasteiger partial charge >= 0.3 is 0 Å². The molecule has 156 valence electrons. The van der Waals surface area contributed by atoms with Crippen LogP contribution in [0.1, 0.15) is 24.8 Å². The number of piperidine rings is 1. The molecule has 2 aromatic rings. The molecule has 1 aliphatic rings. The van der Waals surface area contributed by atoms with E-state index in [4.69, 9.17) is 23.2 Å². The zero-order valence-corrected chi connectivity index (χ0v) is 18.3. The molecule has 0 radical (unpaired) electrons. The number of amides is 1. The number of sulfonamides is 1. The molecule has 0 saturated carbocycles. The maximum Gasteiger partial charge on any atom is 0.228 e. The summed E-state index contributed by atoms with van der Waals surface area (Å²) in [4.78, 5) is 12.7. The topological polar surface area (TPSA) is 66.5 Å². The Morgan fingerprint density at radius 3 is 2.66 bits per heavy atom. The third-order valence-electron chi connectivity index (χ3n) is 5.05. The first-order valence-corrected chi connectivity index (χ1v) is 12.0. The Balaban J connectivity index is 1.57. The van der Waals surface area contributed by atoms with Gasteiger partial charge in [0, 0.05) is 18.1 Å². The van der Waals surface area contributed by atoms with Gasteiger partial charge in [0.2, 0.25) is 15.9 Å². The monoisotopic (exact) mass is 454 g/mol. The lowest BCUT2D eigenvalue weighted by atomic mass is 9.99. The maximum atomic E-state index is 12.8. The Morgan fingerprint density at radius 2 is 1.90 bits per heavy atom. The van der Waals surface area contributed by atoms with E-state index in [1.807, 2.05) is 30.3 Å². The van der Waals surface area contributed by atoms with E-state index < -0.39 is 15.9 Å². The van der Waals surface area contributed by atoms with Crippen LogP contribution in [-0.2, 0) is 21.2 Å². The van der Waals surface area contributed by atoms with Gasteiger partial charge in [0.25, 0.3) is 0 Å². The van der Waals surface area contributed by atoms with Crippen molar-refractivity contribution >= 4 is 44.8 Å². The Kier molecular flexibility index (Phi) is 7.57. The van der Waals surface area contributed by atoms with Crippen LogP contribution < -0.4 is 5.32 Å². The highest BCUT2D eigenvalue weighted by molar-refractivity contribution is 7.89. The van der Waals surface area contributed by atoms with Gasteiger partial charge in [0.1, 0.15) is 0 Å². The van der Waals surface area contributed by atoms with Gasteiger partial charge in [0.05, 0.1) is 22.4 Å². The van der Waals surface area contributed by atoms with Gasteiger partial charge in [-0.2, -0.15) is 0 Å². The summed E-state index contributed by atoms with van der Waals surface area (Å²) in [6.07, 6.45) is 2.56. The second-order valence-corrected chi connectivity index (χ2v) is 10.1. The number of nitrogens with zero attached hydrogens (tertiary/aromatic N) is 1. The summed E-state index contributed by atoms with van der Waals surface area (Å²) < 4.78 is 27.0. The first kappa shape index (κ1) is 22.1. The highest BCUT2D eigenvalue weighted by atomic mass is 35.5. The Bertz CT molecular complexity index is 952. The molecule has 1 heterocycles. The van der Waals surface area contributed by atoms with Crippen LogP contribution in [0.25, 0.3) is 0 Å². The number of benzene rings is 2.